The van der Waals surface area contributed by atoms with Crippen LogP contribution in [0.4, 0.5) is 5.82 Å². The van der Waals surface area contributed by atoms with Crippen LogP contribution in [0.25, 0.3) is 21.6 Å². The molecule has 2 saturated heterocycles. The van der Waals surface area contributed by atoms with Crippen molar-refractivity contribution in [2.75, 3.05) is 71.0 Å². The van der Waals surface area contributed by atoms with Crippen LogP contribution in [0.2, 0.25) is 0 Å². The Morgan fingerprint density at radius 3 is 2.56 bits per heavy atom. The average molecular weight is 513 g/mol. The van der Waals surface area contributed by atoms with Gasteiger partial charge in [-0.15, -0.1) is 11.3 Å². The molecule has 1 N–H and O–H groups in total. The molecule has 0 unspecified atom stereocenters. The molecule has 3 aromatic rings. The normalized spacial score (nSPS) is 18.5. The zero-order valence-corrected chi connectivity index (χ0v) is 21.5. The summed E-state index contributed by atoms with van der Waals surface area (Å²) in [6.45, 7) is 9.83. The van der Waals surface area contributed by atoms with Gasteiger partial charge in [0.25, 0.3) is 0 Å². The van der Waals surface area contributed by atoms with E-state index in [-0.39, 0.29) is 0 Å². The summed E-state index contributed by atoms with van der Waals surface area (Å²) >= 11 is 1.78. The summed E-state index contributed by atoms with van der Waals surface area (Å²) < 4.78 is 11.9. The van der Waals surface area contributed by atoms with Crippen molar-refractivity contribution in [1.29, 1.82) is 0 Å². The van der Waals surface area contributed by atoms with Crippen molar-refractivity contribution in [2.24, 2.45) is 0 Å². The largest absolute Gasteiger partial charge is 0.481 e. The molecule has 2 aliphatic heterocycles. The van der Waals surface area contributed by atoms with Gasteiger partial charge in [-0.05, 0) is 18.6 Å². The van der Waals surface area contributed by atoms with Crippen LogP contribution in [-0.4, -0.2) is 108 Å². The van der Waals surface area contributed by atoms with Gasteiger partial charge in [0.1, 0.15) is 12.4 Å². The summed E-state index contributed by atoms with van der Waals surface area (Å²) in [6, 6.07) is 3.77. The van der Waals surface area contributed by atoms with Crippen molar-refractivity contribution in [3.8, 4) is 17.3 Å². The first-order chi connectivity index (χ1) is 17.6. The number of carbonyl (C=O) groups is 1. The molecule has 2 aliphatic rings. The maximum atomic E-state index is 10.8. The third-order valence-electron chi connectivity index (χ3n) is 6.80. The molecule has 36 heavy (non-hydrogen) atoms. The molecule has 0 saturated carbocycles. The number of hydrogen-bond donors (Lipinski definition) is 1. The van der Waals surface area contributed by atoms with Gasteiger partial charge in [0.05, 0.1) is 30.5 Å². The quantitative estimate of drug-likeness (QED) is 0.448. The smallest absolute Gasteiger partial charge is 0.212 e. The van der Waals surface area contributed by atoms with E-state index < -0.39 is 6.10 Å². The molecule has 3 aromatic heterocycles. The number of piperazine rings is 1. The highest BCUT2D eigenvalue weighted by Gasteiger charge is 2.25. The Bertz CT molecular complexity index is 1190. The summed E-state index contributed by atoms with van der Waals surface area (Å²) in [5.74, 6) is 2.18. The third kappa shape index (κ3) is 5.35. The van der Waals surface area contributed by atoms with E-state index in [0.717, 1.165) is 67.4 Å². The Morgan fingerprint density at radius 1 is 1.14 bits per heavy atom. The van der Waals surface area contributed by atoms with Crippen LogP contribution in [0.15, 0.2) is 18.3 Å². The highest BCUT2D eigenvalue weighted by atomic mass is 32.1. The predicted octanol–water partition coefficient (Wildman–Crippen LogP) is 1.58. The lowest BCUT2D eigenvalue weighted by Gasteiger charge is -2.34. The number of rotatable bonds is 8. The van der Waals surface area contributed by atoms with Crippen LogP contribution in [0.1, 0.15) is 10.4 Å². The minimum Gasteiger partial charge on any atom is -0.481 e. The van der Waals surface area contributed by atoms with Crippen LogP contribution < -0.4 is 9.64 Å². The standard InChI is InChI=1S/C25H32N6O4S/c1-17-20(15-30-7-5-29(6-8-30)14-19(33)16-32)36-23-22(17)27-24(18-3-4-21(34-2)26-13-18)28-25(23)31-9-11-35-12-10-31/h3-4,13,16,19,33H,5-12,14-15H2,1-2H3/t19-/m0/s1. The van der Waals surface area contributed by atoms with E-state index in [0.29, 0.717) is 37.7 Å². The lowest BCUT2D eigenvalue weighted by Crippen LogP contribution is -2.48. The number of aliphatic hydroxyl groups is 1. The maximum Gasteiger partial charge on any atom is 0.212 e. The van der Waals surface area contributed by atoms with E-state index in [1.807, 2.05) is 12.1 Å². The highest BCUT2D eigenvalue weighted by molar-refractivity contribution is 7.19. The van der Waals surface area contributed by atoms with Crippen molar-refractivity contribution in [3.63, 3.8) is 0 Å². The molecule has 5 heterocycles. The number of β-amino-alcohol motifs (C(OH)–C–C–N with tert-alkyl or cyclic N) is 1. The second-order valence-corrected chi connectivity index (χ2v) is 10.3. The number of thiophene rings is 1. The number of carbonyl (C=O) groups excluding carboxylic acids is 1. The van der Waals surface area contributed by atoms with E-state index in [9.17, 15) is 9.90 Å². The number of nitrogens with zero attached hydrogens (tertiary/aromatic N) is 6. The fraction of sp³-hybridized carbons (Fsp3) is 0.520. The zero-order chi connectivity index (χ0) is 25.1. The lowest BCUT2D eigenvalue weighted by atomic mass is 10.2. The van der Waals surface area contributed by atoms with E-state index in [2.05, 4.69) is 26.6 Å². The summed E-state index contributed by atoms with van der Waals surface area (Å²) in [5.41, 5.74) is 3.03. The van der Waals surface area contributed by atoms with E-state index in [1.54, 1.807) is 24.6 Å². The molecule has 0 spiro atoms. The number of morpholine rings is 1. The van der Waals surface area contributed by atoms with Gasteiger partial charge in [-0.1, -0.05) is 0 Å². The van der Waals surface area contributed by atoms with Crippen molar-refractivity contribution in [2.45, 2.75) is 19.6 Å². The summed E-state index contributed by atoms with van der Waals surface area (Å²) in [4.78, 5) is 33.3. The molecule has 5 rings (SSSR count). The van der Waals surface area contributed by atoms with Gasteiger partial charge in [-0.25, -0.2) is 15.0 Å². The van der Waals surface area contributed by atoms with Gasteiger partial charge in [-0.3, -0.25) is 9.80 Å². The molecule has 0 aromatic carbocycles. The highest BCUT2D eigenvalue weighted by Crippen LogP contribution is 2.38. The number of aryl methyl sites for hydroxylation is 1. The van der Waals surface area contributed by atoms with Gasteiger partial charge in [0.2, 0.25) is 5.88 Å². The first kappa shape index (κ1) is 25.0. The Labute approximate surface area is 214 Å². The molecule has 192 valence electrons. The first-order valence-electron chi connectivity index (χ1n) is 12.3. The number of aliphatic hydroxyl groups excluding tert-OH is 1. The minimum absolute atomic E-state index is 0.404. The number of ether oxygens (including phenoxy) is 2. The number of hydrogen-bond acceptors (Lipinski definition) is 11. The molecule has 0 aliphatic carbocycles. The third-order valence-corrected chi connectivity index (χ3v) is 8.06. The predicted molar refractivity (Wildman–Crippen MR) is 139 cm³/mol. The molecule has 11 heteroatoms. The van der Waals surface area contributed by atoms with Crippen LogP contribution in [0.5, 0.6) is 5.88 Å². The van der Waals surface area contributed by atoms with Crippen LogP contribution >= 0.6 is 11.3 Å². The molecule has 0 radical (unpaired) electrons. The van der Waals surface area contributed by atoms with Gasteiger partial charge in [0.15, 0.2) is 11.6 Å². The van der Waals surface area contributed by atoms with Crippen LogP contribution in [0, 0.1) is 6.92 Å². The number of aldehydes is 1. The molecule has 2 fully saturated rings. The molecular formula is C25H32N6O4S. The fourth-order valence-corrected chi connectivity index (χ4v) is 5.97. The summed E-state index contributed by atoms with van der Waals surface area (Å²) in [6.07, 6.45) is 1.46. The van der Waals surface area contributed by atoms with E-state index in [4.69, 9.17) is 19.4 Å². The number of fused-ring (bicyclic) bond motifs is 1. The van der Waals surface area contributed by atoms with Gasteiger partial charge >= 0.3 is 0 Å². The van der Waals surface area contributed by atoms with Crippen molar-refractivity contribution in [3.05, 3.63) is 28.8 Å². The number of pyridine rings is 1. The van der Waals surface area contributed by atoms with Crippen LogP contribution in [0.3, 0.4) is 0 Å². The van der Waals surface area contributed by atoms with Crippen molar-refractivity contribution >= 4 is 33.7 Å². The van der Waals surface area contributed by atoms with Crippen LogP contribution in [-0.2, 0) is 16.1 Å². The fourth-order valence-electron chi connectivity index (χ4n) is 4.66. The zero-order valence-electron chi connectivity index (χ0n) is 20.7. The molecule has 0 bridgehead atoms. The van der Waals surface area contributed by atoms with E-state index in [1.165, 1.54) is 10.4 Å². The summed E-state index contributed by atoms with van der Waals surface area (Å²) in [5, 5.41) is 9.64. The SMILES string of the molecule is COc1ccc(-c2nc(N3CCOCC3)c3sc(CN4CCN(C[C@H](O)C=O)CC4)c(C)c3n2)cn1. The molecule has 10 nitrogen and oxygen atoms in total. The molecule has 1 atom stereocenters. The van der Waals surface area contributed by atoms with Crippen molar-refractivity contribution in [1.82, 2.24) is 24.8 Å². The molecular weight excluding hydrogens is 480 g/mol. The topological polar surface area (TPSA) is 104 Å². The molecule has 0 amide bonds. The Balaban J connectivity index is 1.43. The summed E-state index contributed by atoms with van der Waals surface area (Å²) in [7, 11) is 1.60. The van der Waals surface area contributed by atoms with Gasteiger partial charge in [0, 0.05) is 75.1 Å². The number of aromatic nitrogens is 3. The monoisotopic (exact) mass is 512 g/mol. The Morgan fingerprint density at radius 2 is 1.89 bits per heavy atom. The minimum atomic E-state index is -0.909. The van der Waals surface area contributed by atoms with Crippen molar-refractivity contribution < 1.29 is 19.4 Å². The van der Waals surface area contributed by atoms with Gasteiger partial charge in [-0.2, -0.15) is 0 Å². The number of methoxy groups -OCH3 is 1. The Hall–Kier alpha value is -2.70. The maximum absolute atomic E-state index is 10.8. The second-order valence-electron chi connectivity index (χ2n) is 9.17. The van der Waals surface area contributed by atoms with E-state index >= 15 is 0 Å². The number of anilines is 1. The first-order valence-corrected chi connectivity index (χ1v) is 13.1. The van der Waals surface area contributed by atoms with Gasteiger partial charge < -0.3 is 24.3 Å². The second kappa shape index (κ2) is 11.1. The Kier molecular flexibility index (Phi) is 7.73. The average Bonchev–Trinajstić information content (AvgIpc) is 3.24. The lowest BCUT2D eigenvalue weighted by molar-refractivity contribution is -0.115.